The van der Waals surface area contributed by atoms with E-state index >= 15 is 0 Å². The third-order valence-electron chi connectivity index (χ3n) is 5.21. The molecule has 0 unspecified atom stereocenters. The third-order valence-corrected chi connectivity index (χ3v) is 7.67. The van der Waals surface area contributed by atoms with E-state index in [1.807, 2.05) is 60.7 Å². The normalized spacial score (nSPS) is 16.4. The highest BCUT2D eigenvalue weighted by Gasteiger charge is 2.43. The number of ether oxygens (including phenoxy) is 2. The molecule has 2 amide bonds. The van der Waals surface area contributed by atoms with Gasteiger partial charge in [-0.15, -0.1) is 0 Å². The van der Waals surface area contributed by atoms with Crippen LogP contribution >= 0.6 is 0 Å². The molecule has 1 N–H and O–H groups in total. The summed E-state index contributed by atoms with van der Waals surface area (Å²) in [5.41, 5.74) is 0.896. The Morgan fingerprint density at radius 1 is 1.00 bits per heavy atom. The molecule has 1 fully saturated rings. The molecule has 9 nitrogen and oxygen atoms in total. The number of hydrogen-bond donors (Lipinski definition) is 1. The van der Waals surface area contributed by atoms with Gasteiger partial charge in [-0.2, -0.15) is 0 Å². The van der Waals surface area contributed by atoms with E-state index in [0.717, 1.165) is 11.1 Å². The van der Waals surface area contributed by atoms with Crippen LogP contribution in [0.25, 0.3) is 0 Å². The Balaban J connectivity index is 1.77. The van der Waals surface area contributed by atoms with Crippen LogP contribution in [0.3, 0.4) is 0 Å². The van der Waals surface area contributed by atoms with Crippen LogP contribution in [0.5, 0.6) is 0 Å². The predicted octanol–water partition coefficient (Wildman–Crippen LogP) is 4.38. The standard InChI is InChI=1S/C25H31N2O7Si/c1-25(2,3)34-23(30)26-18-35(15-14-21(26)22(28)29)27(33-17-20-12-8-5-9-13-20)24(31)32-16-19-10-6-4-7-11-19/h4-13,21H,14-18H2,1-3H3,(H,28,29)/t21-/m1/s1. The van der Waals surface area contributed by atoms with Gasteiger partial charge in [0, 0.05) is 6.17 Å². The smallest absolute Gasteiger partial charge is 0.425 e. The van der Waals surface area contributed by atoms with Crippen LogP contribution < -0.4 is 0 Å². The zero-order valence-corrected chi connectivity index (χ0v) is 21.2. The molecule has 0 saturated carbocycles. The Morgan fingerprint density at radius 2 is 1.57 bits per heavy atom. The Bertz CT molecular complexity index is 998. The highest BCUT2D eigenvalue weighted by molar-refractivity contribution is 6.58. The number of carbonyl (C=O) groups is 3. The highest BCUT2D eigenvalue weighted by atomic mass is 28.3. The molecular formula is C25H31N2O7Si. The molecule has 2 aromatic carbocycles. The first-order valence-electron chi connectivity index (χ1n) is 11.4. The molecule has 0 spiro atoms. The Hall–Kier alpha value is -3.37. The molecule has 0 aliphatic carbocycles. The first-order valence-corrected chi connectivity index (χ1v) is 13.2. The van der Waals surface area contributed by atoms with Crippen LogP contribution in [0.15, 0.2) is 60.7 Å². The topological polar surface area (TPSA) is 106 Å². The van der Waals surface area contributed by atoms with Gasteiger partial charge in [-0.3, -0.25) is 9.74 Å². The summed E-state index contributed by atoms with van der Waals surface area (Å²) in [6.45, 7) is 5.34. The summed E-state index contributed by atoms with van der Waals surface area (Å²) in [6.07, 6.45) is -1.18. The lowest BCUT2D eigenvalue weighted by molar-refractivity contribution is -0.143. The summed E-state index contributed by atoms with van der Waals surface area (Å²) in [5, 5.41) is 9.68. The average Bonchev–Trinajstić information content (AvgIpc) is 2.83. The summed E-state index contributed by atoms with van der Waals surface area (Å²) in [7, 11) is -1.87. The predicted molar refractivity (Wildman–Crippen MR) is 129 cm³/mol. The Morgan fingerprint density at radius 3 is 2.11 bits per heavy atom. The fourth-order valence-electron chi connectivity index (χ4n) is 3.54. The number of hydroxylamine groups is 1. The quantitative estimate of drug-likeness (QED) is 0.445. The van der Waals surface area contributed by atoms with Crippen LogP contribution in [-0.4, -0.2) is 59.7 Å². The number of rotatable bonds is 7. The van der Waals surface area contributed by atoms with E-state index in [-0.39, 0.29) is 25.8 Å². The van der Waals surface area contributed by atoms with Crippen LogP contribution in [0.4, 0.5) is 9.59 Å². The van der Waals surface area contributed by atoms with Gasteiger partial charge < -0.3 is 14.6 Å². The summed E-state index contributed by atoms with van der Waals surface area (Å²) < 4.78 is 12.2. The number of nitrogens with zero attached hydrogens (tertiary/aromatic N) is 2. The first kappa shape index (κ1) is 26.2. The summed E-state index contributed by atoms with van der Waals surface area (Å²) in [4.78, 5) is 44.9. The first-order chi connectivity index (χ1) is 16.6. The summed E-state index contributed by atoms with van der Waals surface area (Å²) in [5.74, 6) is -1.11. The van der Waals surface area contributed by atoms with Crippen molar-refractivity contribution < 1.29 is 33.8 Å². The molecule has 1 aliphatic rings. The molecule has 0 aromatic heterocycles. The largest absolute Gasteiger partial charge is 0.480 e. The minimum Gasteiger partial charge on any atom is -0.480 e. The van der Waals surface area contributed by atoms with Crippen LogP contribution in [0.2, 0.25) is 6.04 Å². The molecular weight excluding hydrogens is 468 g/mol. The second-order valence-corrected chi connectivity index (χ2v) is 11.5. The monoisotopic (exact) mass is 499 g/mol. The van der Waals surface area contributed by atoms with E-state index in [9.17, 15) is 19.5 Å². The van der Waals surface area contributed by atoms with E-state index in [2.05, 4.69) is 0 Å². The van der Waals surface area contributed by atoms with Crippen LogP contribution in [0, 0.1) is 0 Å². The zero-order chi connectivity index (χ0) is 25.4. The van der Waals surface area contributed by atoms with Gasteiger partial charge in [0.2, 0.25) is 8.96 Å². The molecule has 1 radical (unpaired) electrons. The van der Waals surface area contributed by atoms with Crippen molar-refractivity contribution in [3.8, 4) is 0 Å². The van der Waals surface area contributed by atoms with E-state index in [4.69, 9.17) is 14.3 Å². The van der Waals surface area contributed by atoms with E-state index in [0.29, 0.717) is 6.04 Å². The maximum absolute atomic E-state index is 13.1. The zero-order valence-electron chi connectivity index (χ0n) is 20.2. The Labute approximate surface area is 206 Å². The van der Waals surface area contributed by atoms with Gasteiger partial charge in [0.1, 0.15) is 18.2 Å². The minimum atomic E-state index is -1.87. The molecule has 1 atom stereocenters. The lowest BCUT2D eigenvalue weighted by atomic mass is 10.2. The van der Waals surface area contributed by atoms with E-state index in [1.54, 1.807) is 20.8 Å². The number of carboxylic acid groups (broad SMARTS) is 1. The van der Waals surface area contributed by atoms with Gasteiger partial charge in [-0.25, -0.2) is 19.1 Å². The fraction of sp³-hybridized carbons (Fsp3) is 0.400. The molecule has 0 bridgehead atoms. The maximum Gasteiger partial charge on any atom is 0.425 e. The molecule has 1 aliphatic heterocycles. The third kappa shape index (κ3) is 7.83. The average molecular weight is 500 g/mol. The molecule has 1 heterocycles. The summed E-state index contributed by atoms with van der Waals surface area (Å²) in [6, 6.07) is 18.0. The maximum atomic E-state index is 13.1. The molecule has 187 valence electrons. The van der Waals surface area contributed by atoms with Crippen molar-refractivity contribution in [3.63, 3.8) is 0 Å². The van der Waals surface area contributed by atoms with Crippen LogP contribution in [-0.2, 0) is 32.3 Å². The second-order valence-electron chi connectivity index (χ2n) is 9.16. The molecule has 2 aromatic rings. The van der Waals surface area contributed by atoms with Gasteiger partial charge in [-0.1, -0.05) is 60.7 Å². The lowest BCUT2D eigenvalue weighted by Gasteiger charge is -2.39. The second kappa shape index (κ2) is 11.9. The fourth-order valence-corrected chi connectivity index (χ4v) is 5.95. The number of amides is 2. The van der Waals surface area contributed by atoms with Gasteiger partial charge in [0.15, 0.2) is 0 Å². The van der Waals surface area contributed by atoms with Crippen molar-refractivity contribution in [2.45, 2.75) is 58.1 Å². The van der Waals surface area contributed by atoms with Crippen molar-refractivity contribution >= 4 is 27.1 Å². The molecule has 1 saturated heterocycles. The number of carboxylic acids is 1. The molecule has 10 heteroatoms. The number of aliphatic carboxylic acids is 1. The Kier molecular flexibility index (Phi) is 8.88. The van der Waals surface area contributed by atoms with Crippen molar-refractivity contribution in [1.29, 1.82) is 0 Å². The number of benzene rings is 2. The molecule has 35 heavy (non-hydrogen) atoms. The molecule has 3 rings (SSSR count). The van der Waals surface area contributed by atoms with Crippen molar-refractivity contribution in [3.05, 3.63) is 71.8 Å². The lowest BCUT2D eigenvalue weighted by Crippen LogP contribution is -2.60. The van der Waals surface area contributed by atoms with E-state index in [1.165, 1.54) is 9.63 Å². The van der Waals surface area contributed by atoms with Crippen molar-refractivity contribution in [2.75, 3.05) is 6.17 Å². The minimum absolute atomic E-state index is 0.0335. The highest BCUT2D eigenvalue weighted by Crippen LogP contribution is 2.24. The van der Waals surface area contributed by atoms with Gasteiger partial charge in [-0.05, 0) is 44.4 Å². The van der Waals surface area contributed by atoms with Gasteiger partial charge in [0.25, 0.3) is 0 Å². The number of carbonyl (C=O) groups excluding carboxylic acids is 2. The van der Waals surface area contributed by atoms with Gasteiger partial charge >= 0.3 is 18.2 Å². The van der Waals surface area contributed by atoms with E-state index < -0.39 is 38.8 Å². The van der Waals surface area contributed by atoms with Crippen molar-refractivity contribution in [1.82, 2.24) is 9.63 Å². The number of hydrogen-bond acceptors (Lipinski definition) is 6. The van der Waals surface area contributed by atoms with Gasteiger partial charge in [0.05, 0.1) is 6.61 Å². The van der Waals surface area contributed by atoms with Crippen molar-refractivity contribution in [2.24, 2.45) is 0 Å². The summed E-state index contributed by atoms with van der Waals surface area (Å²) >= 11 is 0. The SMILES string of the molecule is CC(C)(C)OC(=O)N1C[Si](N(OCc2ccccc2)C(=O)OCc2ccccc2)CC[C@@H]1C(=O)O. The van der Waals surface area contributed by atoms with Crippen LogP contribution in [0.1, 0.15) is 38.3 Å².